The van der Waals surface area contributed by atoms with Crippen LogP contribution in [0.3, 0.4) is 0 Å². The van der Waals surface area contributed by atoms with Gasteiger partial charge in [-0.15, -0.1) is 0 Å². The predicted molar refractivity (Wildman–Crippen MR) is 50.1 cm³/mol. The van der Waals surface area contributed by atoms with Gasteiger partial charge in [-0.05, 0) is 18.7 Å². The van der Waals surface area contributed by atoms with Gasteiger partial charge in [0, 0.05) is 0 Å². The van der Waals surface area contributed by atoms with Crippen LogP contribution < -0.4 is 11.1 Å². The monoisotopic (exact) mass is 230 g/mol. The summed E-state index contributed by atoms with van der Waals surface area (Å²) in [5, 5.41) is 1.78. The van der Waals surface area contributed by atoms with Gasteiger partial charge >= 0.3 is 6.18 Å². The van der Waals surface area contributed by atoms with Gasteiger partial charge in [-0.25, -0.2) is 0 Å². The predicted octanol–water partition coefficient (Wildman–Crippen LogP) is 0.747. The highest BCUT2D eigenvalue weighted by atomic mass is 32.2. The van der Waals surface area contributed by atoms with Crippen molar-refractivity contribution >= 4 is 17.7 Å². The molecule has 0 radical (unpaired) electrons. The van der Waals surface area contributed by atoms with Gasteiger partial charge in [0.15, 0.2) is 0 Å². The second kappa shape index (κ2) is 6.94. The summed E-state index contributed by atoms with van der Waals surface area (Å²) in [6.45, 7) is -0.736. The maximum atomic E-state index is 11.6. The molecule has 0 aliphatic carbocycles. The fourth-order valence-corrected chi connectivity index (χ4v) is 1.40. The Labute approximate surface area is 84.6 Å². The van der Waals surface area contributed by atoms with E-state index in [4.69, 9.17) is 5.73 Å². The molecule has 7 heteroatoms. The summed E-state index contributed by atoms with van der Waals surface area (Å²) < 4.78 is 34.9. The lowest BCUT2D eigenvalue weighted by Crippen LogP contribution is -2.34. The number of amides is 1. The van der Waals surface area contributed by atoms with Crippen LogP contribution in [-0.2, 0) is 4.79 Å². The lowest BCUT2D eigenvalue weighted by molar-refractivity contribution is -0.136. The van der Waals surface area contributed by atoms with E-state index < -0.39 is 18.6 Å². The van der Waals surface area contributed by atoms with Crippen molar-refractivity contribution in [3.05, 3.63) is 0 Å². The smallest absolute Gasteiger partial charge is 0.346 e. The average molecular weight is 230 g/mol. The second-order valence-electron chi connectivity index (χ2n) is 2.59. The normalized spacial score (nSPS) is 11.4. The lowest BCUT2D eigenvalue weighted by atomic mass is 10.5. The van der Waals surface area contributed by atoms with Crippen LogP contribution in [0.2, 0.25) is 0 Å². The Morgan fingerprint density at radius 3 is 2.57 bits per heavy atom. The highest BCUT2D eigenvalue weighted by Gasteiger charge is 2.27. The van der Waals surface area contributed by atoms with Crippen molar-refractivity contribution in [2.75, 3.05) is 24.6 Å². The molecule has 0 heterocycles. The maximum absolute atomic E-state index is 11.6. The highest BCUT2D eigenvalue weighted by molar-refractivity contribution is 7.99. The zero-order chi connectivity index (χ0) is 11.0. The summed E-state index contributed by atoms with van der Waals surface area (Å²) in [7, 11) is 0. The van der Waals surface area contributed by atoms with Crippen LogP contribution >= 0.6 is 11.8 Å². The molecule has 0 saturated heterocycles. The lowest BCUT2D eigenvalue weighted by Gasteiger charge is -2.07. The van der Waals surface area contributed by atoms with Crippen molar-refractivity contribution in [1.29, 1.82) is 0 Å². The molecule has 0 aliphatic heterocycles. The van der Waals surface area contributed by atoms with Crippen LogP contribution in [0, 0.1) is 0 Å². The molecule has 0 unspecified atom stereocenters. The molecule has 0 fully saturated rings. The Hall–Kier alpha value is -0.430. The first-order valence-electron chi connectivity index (χ1n) is 4.07. The van der Waals surface area contributed by atoms with E-state index >= 15 is 0 Å². The van der Waals surface area contributed by atoms with E-state index in [1.807, 2.05) is 0 Å². The standard InChI is InChI=1S/C7H13F3N2OS/c8-7(9,10)5-12-6(13)4-14-3-1-2-11/h1-5,11H2,(H,12,13). The Kier molecular flexibility index (Phi) is 6.73. The van der Waals surface area contributed by atoms with Crippen LogP contribution in [0.5, 0.6) is 0 Å². The molecule has 14 heavy (non-hydrogen) atoms. The molecule has 3 N–H and O–H groups in total. The minimum absolute atomic E-state index is 0.0517. The van der Waals surface area contributed by atoms with E-state index in [0.29, 0.717) is 12.3 Å². The summed E-state index contributed by atoms with van der Waals surface area (Å²) in [4.78, 5) is 10.8. The Bertz CT molecular complexity index is 175. The Morgan fingerprint density at radius 1 is 1.43 bits per heavy atom. The van der Waals surface area contributed by atoms with Crippen molar-refractivity contribution in [2.24, 2.45) is 5.73 Å². The maximum Gasteiger partial charge on any atom is 0.405 e. The largest absolute Gasteiger partial charge is 0.405 e. The summed E-state index contributed by atoms with van der Waals surface area (Å²) >= 11 is 1.28. The van der Waals surface area contributed by atoms with Crippen molar-refractivity contribution in [3.63, 3.8) is 0 Å². The molecule has 1 amide bonds. The highest BCUT2D eigenvalue weighted by Crippen LogP contribution is 2.12. The number of nitrogens with one attached hydrogen (secondary N) is 1. The van der Waals surface area contributed by atoms with Crippen LogP contribution in [-0.4, -0.2) is 36.7 Å². The first kappa shape index (κ1) is 13.6. The van der Waals surface area contributed by atoms with Crippen molar-refractivity contribution < 1.29 is 18.0 Å². The number of carbonyl (C=O) groups excluding carboxylic acids is 1. The van der Waals surface area contributed by atoms with E-state index in [0.717, 1.165) is 6.42 Å². The van der Waals surface area contributed by atoms with Gasteiger partial charge in [-0.3, -0.25) is 4.79 Å². The second-order valence-corrected chi connectivity index (χ2v) is 3.69. The van der Waals surface area contributed by atoms with Gasteiger partial charge in [-0.2, -0.15) is 24.9 Å². The molecule has 3 nitrogen and oxygen atoms in total. The molecule has 0 rings (SSSR count). The first-order valence-corrected chi connectivity index (χ1v) is 5.22. The number of rotatable bonds is 6. The number of alkyl halides is 3. The molecule has 84 valence electrons. The fraction of sp³-hybridized carbons (Fsp3) is 0.857. The zero-order valence-electron chi connectivity index (χ0n) is 7.56. The minimum Gasteiger partial charge on any atom is -0.346 e. The third kappa shape index (κ3) is 9.66. The van der Waals surface area contributed by atoms with Gasteiger partial charge in [0.2, 0.25) is 5.91 Å². The van der Waals surface area contributed by atoms with Gasteiger partial charge in [-0.1, -0.05) is 0 Å². The van der Waals surface area contributed by atoms with Gasteiger partial charge in [0.1, 0.15) is 6.54 Å². The third-order valence-electron chi connectivity index (χ3n) is 1.21. The summed E-state index contributed by atoms with van der Waals surface area (Å²) in [5.74, 6) is 0.149. The van der Waals surface area contributed by atoms with E-state index in [1.165, 1.54) is 11.8 Å². The van der Waals surface area contributed by atoms with Gasteiger partial charge < -0.3 is 11.1 Å². The van der Waals surface area contributed by atoms with E-state index in [-0.39, 0.29) is 5.75 Å². The Balaban J connectivity index is 3.38. The molecule has 0 aromatic carbocycles. The van der Waals surface area contributed by atoms with E-state index in [1.54, 1.807) is 5.32 Å². The quantitative estimate of drug-likeness (QED) is 0.662. The van der Waals surface area contributed by atoms with Gasteiger partial charge in [0.05, 0.1) is 5.75 Å². The summed E-state index contributed by atoms with van der Waals surface area (Å²) in [6.07, 6.45) is -3.57. The van der Waals surface area contributed by atoms with Crippen LogP contribution in [0.1, 0.15) is 6.42 Å². The van der Waals surface area contributed by atoms with Crippen molar-refractivity contribution in [3.8, 4) is 0 Å². The SMILES string of the molecule is NCCCSCC(=O)NCC(F)(F)F. The number of nitrogens with two attached hydrogens (primary N) is 1. The van der Waals surface area contributed by atoms with E-state index in [9.17, 15) is 18.0 Å². The zero-order valence-corrected chi connectivity index (χ0v) is 8.38. The molecule has 0 bridgehead atoms. The van der Waals surface area contributed by atoms with Crippen LogP contribution in [0.25, 0.3) is 0 Å². The molecular formula is C7H13F3N2OS. The van der Waals surface area contributed by atoms with Crippen molar-refractivity contribution in [1.82, 2.24) is 5.32 Å². The molecular weight excluding hydrogens is 217 g/mol. The number of thioether (sulfide) groups is 1. The topological polar surface area (TPSA) is 55.1 Å². The molecule has 0 aliphatic rings. The number of halogens is 3. The van der Waals surface area contributed by atoms with Gasteiger partial charge in [0.25, 0.3) is 0 Å². The first-order chi connectivity index (χ1) is 6.45. The van der Waals surface area contributed by atoms with Crippen LogP contribution in [0.15, 0.2) is 0 Å². The molecule has 0 saturated carbocycles. The number of hydrogen-bond acceptors (Lipinski definition) is 3. The van der Waals surface area contributed by atoms with Crippen LogP contribution in [0.4, 0.5) is 13.2 Å². The molecule has 0 aromatic rings. The number of hydrogen-bond donors (Lipinski definition) is 2. The minimum atomic E-state index is -4.34. The molecule has 0 atom stereocenters. The summed E-state index contributed by atoms with van der Waals surface area (Å²) in [6, 6.07) is 0. The third-order valence-corrected chi connectivity index (χ3v) is 2.26. The average Bonchev–Trinajstić information content (AvgIpc) is 2.08. The van der Waals surface area contributed by atoms with E-state index in [2.05, 4.69) is 0 Å². The number of carbonyl (C=O) groups is 1. The van der Waals surface area contributed by atoms with Crippen molar-refractivity contribution in [2.45, 2.75) is 12.6 Å². The Morgan fingerprint density at radius 2 is 2.07 bits per heavy atom. The fourth-order valence-electron chi connectivity index (χ4n) is 0.600. The molecule has 0 aromatic heterocycles. The summed E-state index contributed by atoms with van der Waals surface area (Å²) in [5.41, 5.74) is 5.20. The molecule has 0 spiro atoms.